The molecular weight excluding hydrogens is 420 g/mol. The molecule has 0 aromatic rings. The molecule has 1 saturated heterocycles. The molecule has 0 aliphatic carbocycles. The third-order valence-electron chi connectivity index (χ3n) is 4.99. The number of thioether (sulfide) groups is 2. The van der Waals surface area contributed by atoms with Gasteiger partial charge in [-0.2, -0.15) is 8.42 Å². The summed E-state index contributed by atoms with van der Waals surface area (Å²) >= 11 is 3.65. The Labute approximate surface area is 175 Å². The molecule has 1 fully saturated rings. The Morgan fingerprint density at radius 3 is 2.33 bits per heavy atom. The number of allylic oxidation sites excluding steroid dienone is 1. The summed E-state index contributed by atoms with van der Waals surface area (Å²) in [5, 5.41) is 9.91. The molecule has 0 spiro atoms. The molecule has 1 atom stereocenters. The van der Waals surface area contributed by atoms with Crippen molar-refractivity contribution in [2.45, 2.75) is 68.3 Å². The molecule has 1 aliphatic rings. The van der Waals surface area contributed by atoms with Crippen molar-refractivity contribution in [2.24, 2.45) is 0 Å². The highest BCUT2D eigenvalue weighted by atomic mass is 32.2. The predicted molar refractivity (Wildman–Crippen MR) is 121 cm³/mol. The van der Waals surface area contributed by atoms with Crippen molar-refractivity contribution in [1.29, 1.82) is 0 Å². The van der Waals surface area contributed by atoms with E-state index in [0.29, 0.717) is 6.42 Å². The summed E-state index contributed by atoms with van der Waals surface area (Å²) in [4.78, 5) is 0. The monoisotopic (exact) mass is 456 g/mol. The van der Waals surface area contributed by atoms with Gasteiger partial charge in [0.1, 0.15) is 0 Å². The second-order valence-corrected chi connectivity index (χ2v) is 18.1. The van der Waals surface area contributed by atoms with Crippen LogP contribution in [0.2, 0.25) is 18.1 Å². The quantitative estimate of drug-likeness (QED) is 0.299. The van der Waals surface area contributed by atoms with Crippen LogP contribution in [0.3, 0.4) is 0 Å². The van der Waals surface area contributed by atoms with E-state index in [1.807, 2.05) is 29.6 Å². The molecule has 1 heterocycles. The first kappa shape index (κ1) is 25.5. The fourth-order valence-electron chi connectivity index (χ4n) is 2.36. The molecule has 1 rings (SSSR count). The van der Waals surface area contributed by atoms with Crippen molar-refractivity contribution in [3.8, 4) is 0 Å². The highest BCUT2D eigenvalue weighted by molar-refractivity contribution is 8.18. The first-order chi connectivity index (χ1) is 12.3. The Bertz CT molecular complexity index is 578. The molecule has 160 valence electrons. The third-order valence-corrected chi connectivity index (χ3v) is 13.4. The van der Waals surface area contributed by atoms with E-state index < -0.39 is 18.4 Å². The Kier molecular flexibility index (Phi) is 9.92. The number of hydrogen-bond acceptors (Lipinski definition) is 7. The molecule has 27 heavy (non-hydrogen) atoms. The normalized spacial score (nSPS) is 20.1. The highest BCUT2D eigenvalue weighted by Crippen LogP contribution is 2.44. The number of aliphatic hydroxyl groups is 1. The predicted octanol–water partition coefficient (Wildman–Crippen LogP) is 4.25. The first-order valence-corrected chi connectivity index (χ1v) is 16.1. The van der Waals surface area contributed by atoms with Crippen LogP contribution in [0.1, 0.15) is 40.0 Å². The summed E-state index contributed by atoms with van der Waals surface area (Å²) in [6, 6.07) is 0. The average Bonchev–Trinajstić information content (AvgIpc) is 2.53. The van der Waals surface area contributed by atoms with Crippen LogP contribution in [0.5, 0.6) is 0 Å². The van der Waals surface area contributed by atoms with E-state index in [9.17, 15) is 13.5 Å². The second kappa shape index (κ2) is 10.5. The Morgan fingerprint density at radius 1 is 1.26 bits per heavy atom. The van der Waals surface area contributed by atoms with E-state index >= 15 is 0 Å². The minimum absolute atomic E-state index is 0.0676. The zero-order chi connectivity index (χ0) is 20.8. The van der Waals surface area contributed by atoms with Crippen LogP contribution >= 0.6 is 23.5 Å². The summed E-state index contributed by atoms with van der Waals surface area (Å²) < 4.78 is 33.7. The maximum atomic E-state index is 11.3. The lowest BCUT2D eigenvalue weighted by atomic mass is 10.2. The molecule has 0 amide bonds. The molecule has 0 bridgehead atoms. The molecule has 0 radical (unpaired) electrons. The molecule has 1 N–H and O–H groups in total. The van der Waals surface area contributed by atoms with E-state index in [2.05, 4.69) is 39.9 Å². The number of rotatable bonds is 10. The van der Waals surface area contributed by atoms with E-state index in [1.165, 1.54) is 6.42 Å². The summed E-state index contributed by atoms with van der Waals surface area (Å²) in [6.45, 7) is 11.2. The van der Waals surface area contributed by atoms with Crippen LogP contribution in [0.15, 0.2) is 12.2 Å². The van der Waals surface area contributed by atoms with Gasteiger partial charge in [-0.3, -0.25) is 4.18 Å². The van der Waals surface area contributed by atoms with Crippen molar-refractivity contribution in [3.63, 3.8) is 0 Å². The largest absolute Gasteiger partial charge is 0.410 e. The SMILES string of the molecule is CC(C)(C)[Si](C)(C)O[C@H](/C=C/CC1(CO)SCCCS1)CCOS(C)(=O)=O. The van der Waals surface area contributed by atoms with Gasteiger partial charge in [-0.05, 0) is 42.5 Å². The van der Waals surface area contributed by atoms with Gasteiger partial charge in [0.2, 0.25) is 0 Å². The van der Waals surface area contributed by atoms with E-state index in [1.54, 1.807) is 0 Å². The number of aliphatic hydroxyl groups excluding tert-OH is 1. The lowest BCUT2D eigenvalue weighted by Crippen LogP contribution is -2.43. The van der Waals surface area contributed by atoms with Gasteiger partial charge in [0.15, 0.2) is 8.32 Å². The van der Waals surface area contributed by atoms with E-state index in [4.69, 9.17) is 8.61 Å². The topological polar surface area (TPSA) is 72.8 Å². The molecule has 0 aromatic heterocycles. The van der Waals surface area contributed by atoms with E-state index in [-0.39, 0.29) is 28.4 Å². The Hall–Kier alpha value is 0.487. The van der Waals surface area contributed by atoms with E-state index in [0.717, 1.165) is 24.2 Å². The van der Waals surface area contributed by atoms with Crippen molar-refractivity contribution in [3.05, 3.63) is 12.2 Å². The van der Waals surface area contributed by atoms with Crippen molar-refractivity contribution >= 4 is 42.0 Å². The van der Waals surface area contributed by atoms with Gasteiger partial charge >= 0.3 is 0 Å². The summed E-state index contributed by atoms with van der Waals surface area (Å²) in [7, 11) is -5.45. The second-order valence-electron chi connectivity index (χ2n) is 8.48. The smallest absolute Gasteiger partial charge is 0.264 e. The molecular formula is C18H36O5S3Si. The molecule has 0 saturated carbocycles. The van der Waals surface area contributed by atoms with Gasteiger partial charge in [0, 0.05) is 6.42 Å². The van der Waals surface area contributed by atoms with Gasteiger partial charge < -0.3 is 9.53 Å². The average molecular weight is 457 g/mol. The molecule has 5 nitrogen and oxygen atoms in total. The van der Waals surface area contributed by atoms with Crippen molar-refractivity contribution < 1.29 is 22.1 Å². The lowest BCUT2D eigenvalue weighted by Gasteiger charge is -2.39. The molecule has 9 heteroatoms. The summed E-state index contributed by atoms with van der Waals surface area (Å²) in [6.07, 6.45) is 7.42. The van der Waals surface area contributed by atoms with Crippen LogP contribution in [0, 0.1) is 0 Å². The fourth-order valence-corrected chi connectivity index (χ4v) is 7.01. The molecule has 1 aliphatic heterocycles. The van der Waals surface area contributed by atoms with Crippen LogP contribution in [-0.4, -0.2) is 63.0 Å². The van der Waals surface area contributed by atoms with Gasteiger partial charge in [0.25, 0.3) is 10.1 Å². The highest BCUT2D eigenvalue weighted by Gasteiger charge is 2.39. The maximum Gasteiger partial charge on any atom is 0.264 e. The van der Waals surface area contributed by atoms with Crippen LogP contribution in [0.4, 0.5) is 0 Å². The third kappa shape index (κ3) is 9.23. The standard InChI is InChI=1S/C18H36O5S3Si/c1-17(2,3)27(5,6)23-16(10-12-22-26(4,20)21)9-7-11-18(15-19)24-13-8-14-25-18/h7,9,16,19H,8,10-15H2,1-6H3/b9-7+/t16-/m1/s1. The van der Waals surface area contributed by atoms with Crippen molar-refractivity contribution in [1.82, 2.24) is 0 Å². The minimum Gasteiger partial charge on any atom is -0.410 e. The van der Waals surface area contributed by atoms with Crippen molar-refractivity contribution in [2.75, 3.05) is 31.0 Å². The van der Waals surface area contributed by atoms with Gasteiger partial charge in [-0.15, -0.1) is 23.5 Å². The maximum absolute atomic E-state index is 11.3. The Balaban J connectivity index is 2.79. The van der Waals surface area contributed by atoms with Crippen LogP contribution in [0.25, 0.3) is 0 Å². The minimum atomic E-state index is -3.45. The molecule has 0 unspecified atom stereocenters. The number of hydrogen-bond donors (Lipinski definition) is 1. The van der Waals surface area contributed by atoms with Gasteiger partial charge in [-0.25, -0.2) is 0 Å². The van der Waals surface area contributed by atoms with Gasteiger partial charge in [-0.1, -0.05) is 32.9 Å². The summed E-state index contributed by atoms with van der Waals surface area (Å²) in [5.74, 6) is 2.15. The van der Waals surface area contributed by atoms with Crippen LogP contribution < -0.4 is 0 Å². The lowest BCUT2D eigenvalue weighted by molar-refractivity contribution is 0.184. The molecule has 0 aromatic carbocycles. The van der Waals surface area contributed by atoms with Gasteiger partial charge in [0.05, 0.1) is 29.7 Å². The van der Waals surface area contributed by atoms with Crippen LogP contribution in [-0.2, 0) is 18.7 Å². The zero-order valence-electron chi connectivity index (χ0n) is 17.5. The fraction of sp³-hybridized carbons (Fsp3) is 0.889. The Morgan fingerprint density at radius 2 is 1.85 bits per heavy atom. The zero-order valence-corrected chi connectivity index (χ0v) is 20.9. The first-order valence-electron chi connectivity index (χ1n) is 9.38. The summed E-state index contributed by atoms with van der Waals surface area (Å²) in [5.41, 5.74) is 0.